The molecule has 0 aromatic rings. The number of likely N-dealkylation sites (N-methyl/N-ethyl adjacent to an activating group) is 1. The molecule has 1 aliphatic rings. The Morgan fingerprint density at radius 1 is 1.29 bits per heavy atom. The van der Waals surface area contributed by atoms with Gasteiger partial charge in [0.15, 0.2) is 5.96 Å². The van der Waals surface area contributed by atoms with Crippen LogP contribution in [0, 0.1) is 0 Å². The molecule has 0 N–H and O–H groups in total. The van der Waals surface area contributed by atoms with Gasteiger partial charge < -0.3 is 9.80 Å². The smallest absolute Gasteiger partial charge is 0.196 e. The molecule has 3 nitrogen and oxygen atoms in total. The highest BCUT2D eigenvalue weighted by Crippen LogP contribution is 2.13. The van der Waals surface area contributed by atoms with Gasteiger partial charge >= 0.3 is 0 Å². The third-order valence-electron chi connectivity index (χ3n) is 2.26. The third-order valence-corrected chi connectivity index (χ3v) is 2.26. The Balaban J connectivity index is 2.76. The first-order valence-electron chi connectivity index (χ1n) is 5.50. The second-order valence-electron chi connectivity index (χ2n) is 4.99. The van der Waals surface area contributed by atoms with E-state index in [4.69, 9.17) is 4.99 Å². The molecular formula is C11H23N3. The molecule has 1 saturated heterocycles. The SMILES string of the molecule is CCCN1CCN(C)C1=NC(C)(C)C. The molecule has 0 saturated carbocycles. The number of guanidine groups is 1. The molecule has 3 heteroatoms. The Bertz CT molecular complexity index is 213. The summed E-state index contributed by atoms with van der Waals surface area (Å²) in [6.07, 6.45) is 1.19. The molecule has 1 fully saturated rings. The van der Waals surface area contributed by atoms with Gasteiger partial charge in [-0.25, -0.2) is 4.99 Å². The van der Waals surface area contributed by atoms with Crippen LogP contribution in [0.1, 0.15) is 34.1 Å². The maximum atomic E-state index is 4.76. The Hall–Kier alpha value is -0.730. The van der Waals surface area contributed by atoms with E-state index in [0.717, 1.165) is 19.6 Å². The maximum absolute atomic E-state index is 4.76. The van der Waals surface area contributed by atoms with Gasteiger partial charge in [-0.05, 0) is 27.2 Å². The summed E-state index contributed by atoms with van der Waals surface area (Å²) in [5.41, 5.74) is 0.0277. The van der Waals surface area contributed by atoms with Crippen molar-refractivity contribution in [2.75, 3.05) is 26.7 Å². The van der Waals surface area contributed by atoms with Crippen LogP contribution in [0.3, 0.4) is 0 Å². The van der Waals surface area contributed by atoms with Crippen LogP contribution < -0.4 is 0 Å². The van der Waals surface area contributed by atoms with Gasteiger partial charge in [0, 0.05) is 26.7 Å². The van der Waals surface area contributed by atoms with Crippen molar-refractivity contribution in [3.05, 3.63) is 0 Å². The van der Waals surface area contributed by atoms with Crippen molar-refractivity contribution in [1.29, 1.82) is 0 Å². The lowest BCUT2D eigenvalue weighted by atomic mass is 10.1. The molecule has 0 aliphatic carbocycles. The van der Waals surface area contributed by atoms with Crippen molar-refractivity contribution < 1.29 is 0 Å². The molecule has 0 aromatic carbocycles. The van der Waals surface area contributed by atoms with E-state index in [-0.39, 0.29) is 5.54 Å². The average Bonchev–Trinajstić information content (AvgIpc) is 2.34. The van der Waals surface area contributed by atoms with Crippen molar-refractivity contribution in [3.8, 4) is 0 Å². The van der Waals surface area contributed by atoms with Crippen molar-refractivity contribution >= 4 is 5.96 Å². The van der Waals surface area contributed by atoms with Gasteiger partial charge in [0.2, 0.25) is 0 Å². The lowest BCUT2D eigenvalue weighted by Crippen LogP contribution is -2.34. The predicted octanol–water partition coefficient (Wildman–Crippen LogP) is 1.80. The molecule has 1 heterocycles. The minimum atomic E-state index is 0.0277. The fourth-order valence-electron chi connectivity index (χ4n) is 1.65. The highest BCUT2D eigenvalue weighted by Gasteiger charge is 2.24. The summed E-state index contributed by atoms with van der Waals surface area (Å²) in [5.74, 6) is 1.17. The van der Waals surface area contributed by atoms with Gasteiger partial charge in [-0.3, -0.25) is 0 Å². The second-order valence-corrected chi connectivity index (χ2v) is 4.99. The van der Waals surface area contributed by atoms with Crippen LogP contribution in [0.4, 0.5) is 0 Å². The number of hydrogen-bond donors (Lipinski definition) is 0. The van der Waals surface area contributed by atoms with Crippen LogP contribution in [0.2, 0.25) is 0 Å². The highest BCUT2D eigenvalue weighted by molar-refractivity contribution is 5.82. The van der Waals surface area contributed by atoms with Crippen LogP contribution in [-0.2, 0) is 0 Å². The van der Waals surface area contributed by atoms with Gasteiger partial charge in [0.1, 0.15) is 0 Å². The fourth-order valence-corrected chi connectivity index (χ4v) is 1.65. The monoisotopic (exact) mass is 197 g/mol. The zero-order valence-corrected chi connectivity index (χ0v) is 10.2. The molecule has 0 aromatic heterocycles. The first-order chi connectivity index (χ1) is 6.44. The van der Waals surface area contributed by atoms with E-state index >= 15 is 0 Å². The first kappa shape index (κ1) is 11.3. The van der Waals surface area contributed by atoms with Crippen LogP contribution in [0.15, 0.2) is 4.99 Å². The van der Waals surface area contributed by atoms with Crippen molar-refractivity contribution in [2.24, 2.45) is 4.99 Å². The number of aliphatic imine (C=N–C) groups is 1. The van der Waals surface area contributed by atoms with Gasteiger partial charge in [-0.1, -0.05) is 6.92 Å². The van der Waals surface area contributed by atoms with Gasteiger partial charge in [-0.2, -0.15) is 0 Å². The molecule has 0 radical (unpaired) electrons. The van der Waals surface area contributed by atoms with E-state index < -0.39 is 0 Å². The van der Waals surface area contributed by atoms with Crippen molar-refractivity contribution in [2.45, 2.75) is 39.7 Å². The second kappa shape index (κ2) is 4.20. The maximum Gasteiger partial charge on any atom is 0.196 e. The normalized spacial score (nSPS) is 21.1. The third kappa shape index (κ3) is 2.89. The molecule has 82 valence electrons. The predicted molar refractivity (Wildman–Crippen MR) is 61.7 cm³/mol. The Morgan fingerprint density at radius 3 is 2.43 bits per heavy atom. The zero-order chi connectivity index (χ0) is 10.8. The summed E-state index contributed by atoms with van der Waals surface area (Å²) in [6.45, 7) is 12.0. The Morgan fingerprint density at radius 2 is 1.93 bits per heavy atom. The summed E-state index contributed by atoms with van der Waals surface area (Å²) in [5, 5.41) is 0. The summed E-state index contributed by atoms with van der Waals surface area (Å²) in [7, 11) is 2.13. The fraction of sp³-hybridized carbons (Fsp3) is 0.909. The lowest BCUT2D eigenvalue weighted by Gasteiger charge is -2.24. The number of hydrogen-bond acceptors (Lipinski definition) is 1. The summed E-state index contributed by atoms with van der Waals surface area (Å²) in [4.78, 5) is 9.39. The molecule has 0 spiro atoms. The molecule has 0 atom stereocenters. The molecule has 14 heavy (non-hydrogen) atoms. The minimum absolute atomic E-state index is 0.0277. The van der Waals surface area contributed by atoms with Crippen molar-refractivity contribution in [3.63, 3.8) is 0 Å². The minimum Gasteiger partial charge on any atom is -0.344 e. The lowest BCUT2D eigenvalue weighted by molar-refractivity contribution is 0.448. The van der Waals surface area contributed by atoms with Crippen LogP contribution in [0.5, 0.6) is 0 Å². The molecule has 1 aliphatic heterocycles. The number of rotatable bonds is 2. The van der Waals surface area contributed by atoms with E-state index in [1.54, 1.807) is 0 Å². The van der Waals surface area contributed by atoms with E-state index in [9.17, 15) is 0 Å². The Kier molecular flexibility index (Phi) is 3.40. The van der Waals surface area contributed by atoms with E-state index in [0.29, 0.717) is 0 Å². The van der Waals surface area contributed by atoms with Crippen LogP contribution >= 0.6 is 0 Å². The molecule has 0 unspecified atom stereocenters. The first-order valence-corrected chi connectivity index (χ1v) is 5.50. The molecular weight excluding hydrogens is 174 g/mol. The average molecular weight is 197 g/mol. The zero-order valence-electron chi connectivity index (χ0n) is 10.2. The Labute approximate surface area is 87.8 Å². The molecule has 0 amide bonds. The quantitative estimate of drug-likeness (QED) is 0.672. The van der Waals surface area contributed by atoms with Crippen molar-refractivity contribution in [1.82, 2.24) is 9.80 Å². The molecule has 0 bridgehead atoms. The summed E-state index contributed by atoms with van der Waals surface area (Å²) in [6, 6.07) is 0. The van der Waals surface area contributed by atoms with Gasteiger partial charge in [0.05, 0.1) is 5.54 Å². The summed E-state index contributed by atoms with van der Waals surface area (Å²) >= 11 is 0. The van der Waals surface area contributed by atoms with Crippen LogP contribution in [0.25, 0.3) is 0 Å². The highest BCUT2D eigenvalue weighted by atomic mass is 15.4. The van der Waals surface area contributed by atoms with Gasteiger partial charge in [-0.15, -0.1) is 0 Å². The van der Waals surface area contributed by atoms with E-state index in [2.05, 4.69) is 44.5 Å². The van der Waals surface area contributed by atoms with E-state index in [1.807, 2.05) is 0 Å². The summed E-state index contributed by atoms with van der Waals surface area (Å²) < 4.78 is 0. The standard InChI is InChI=1S/C11H23N3/c1-6-7-14-9-8-13(5)10(14)12-11(2,3)4/h6-9H2,1-5H3. The largest absolute Gasteiger partial charge is 0.344 e. The molecule has 1 rings (SSSR count). The topological polar surface area (TPSA) is 18.8 Å². The van der Waals surface area contributed by atoms with E-state index in [1.165, 1.54) is 12.4 Å². The van der Waals surface area contributed by atoms with Crippen LogP contribution in [-0.4, -0.2) is 48.0 Å². The van der Waals surface area contributed by atoms with Gasteiger partial charge in [0.25, 0.3) is 0 Å². The number of nitrogens with zero attached hydrogens (tertiary/aromatic N) is 3.